The minimum atomic E-state index is 0.170. The van der Waals surface area contributed by atoms with Crippen molar-refractivity contribution in [2.24, 2.45) is 5.92 Å². The highest BCUT2D eigenvalue weighted by Gasteiger charge is 2.20. The maximum atomic E-state index is 12.1. The number of hydrogen-bond acceptors (Lipinski definition) is 4. The van der Waals surface area contributed by atoms with Crippen LogP contribution in [0.1, 0.15) is 43.6 Å². The highest BCUT2D eigenvalue weighted by atomic mass is 16.5. The quantitative estimate of drug-likeness (QED) is 0.919. The first-order valence-corrected chi connectivity index (χ1v) is 8.40. The highest BCUT2D eigenvalue weighted by molar-refractivity contribution is 5.78. The fraction of sp³-hybridized carbons (Fsp3) is 0.500. The van der Waals surface area contributed by atoms with Crippen LogP contribution in [0.4, 0.5) is 0 Å². The third-order valence-electron chi connectivity index (χ3n) is 4.47. The van der Waals surface area contributed by atoms with Crippen LogP contribution < -0.4 is 5.32 Å². The van der Waals surface area contributed by atoms with Crippen LogP contribution in [0.2, 0.25) is 0 Å². The van der Waals surface area contributed by atoms with E-state index in [1.807, 2.05) is 31.2 Å². The summed E-state index contributed by atoms with van der Waals surface area (Å²) >= 11 is 0. The molecule has 1 aromatic carbocycles. The van der Waals surface area contributed by atoms with Crippen LogP contribution in [-0.4, -0.2) is 22.6 Å². The van der Waals surface area contributed by atoms with E-state index >= 15 is 0 Å². The molecular formula is C18H23N3O2. The Hall–Kier alpha value is -2.17. The molecule has 0 bridgehead atoms. The fourth-order valence-corrected chi connectivity index (χ4v) is 3.09. The van der Waals surface area contributed by atoms with Gasteiger partial charge in [0.25, 0.3) is 0 Å². The van der Waals surface area contributed by atoms with Gasteiger partial charge in [0.1, 0.15) is 0 Å². The molecule has 1 saturated carbocycles. The number of carbonyl (C=O) groups is 1. The standard InChI is InChI=1S/C18H23N3O2/c1-13-7-5-6-10-15(13)17-20-16(23-21-17)11-12-19-18(22)14-8-3-2-4-9-14/h5-7,10,14H,2-4,8-9,11-12H2,1H3,(H,19,22). The highest BCUT2D eigenvalue weighted by Crippen LogP contribution is 2.23. The van der Waals surface area contributed by atoms with Crippen molar-refractivity contribution in [3.05, 3.63) is 35.7 Å². The molecule has 1 heterocycles. The van der Waals surface area contributed by atoms with E-state index in [4.69, 9.17) is 4.52 Å². The van der Waals surface area contributed by atoms with Crippen molar-refractivity contribution in [1.29, 1.82) is 0 Å². The van der Waals surface area contributed by atoms with Gasteiger partial charge in [0.15, 0.2) is 0 Å². The van der Waals surface area contributed by atoms with Gasteiger partial charge >= 0.3 is 0 Å². The molecule has 0 unspecified atom stereocenters. The van der Waals surface area contributed by atoms with Gasteiger partial charge in [0.05, 0.1) is 0 Å². The molecule has 5 heteroatoms. The lowest BCUT2D eigenvalue weighted by Gasteiger charge is -2.20. The number of carbonyl (C=O) groups excluding carboxylic acids is 1. The van der Waals surface area contributed by atoms with E-state index in [9.17, 15) is 4.79 Å². The van der Waals surface area contributed by atoms with E-state index in [1.165, 1.54) is 19.3 Å². The summed E-state index contributed by atoms with van der Waals surface area (Å²) in [6.45, 7) is 2.57. The van der Waals surface area contributed by atoms with E-state index in [0.717, 1.165) is 24.0 Å². The Morgan fingerprint density at radius 2 is 2.04 bits per heavy atom. The summed E-state index contributed by atoms with van der Waals surface area (Å²) in [4.78, 5) is 16.5. The van der Waals surface area contributed by atoms with Crippen LogP contribution >= 0.6 is 0 Å². The maximum absolute atomic E-state index is 12.1. The molecule has 23 heavy (non-hydrogen) atoms. The van der Waals surface area contributed by atoms with Crippen molar-refractivity contribution in [3.8, 4) is 11.4 Å². The molecule has 1 N–H and O–H groups in total. The Morgan fingerprint density at radius 3 is 2.83 bits per heavy atom. The molecule has 0 aliphatic heterocycles. The van der Waals surface area contributed by atoms with Gasteiger partial charge in [-0.1, -0.05) is 48.7 Å². The van der Waals surface area contributed by atoms with Crippen molar-refractivity contribution in [2.75, 3.05) is 6.54 Å². The van der Waals surface area contributed by atoms with E-state index in [2.05, 4.69) is 15.5 Å². The van der Waals surface area contributed by atoms with Gasteiger partial charge in [0, 0.05) is 24.4 Å². The first-order valence-electron chi connectivity index (χ1n) is 8.40. The number of aryl methyl sites for hydroxylation is 1. The van der Waals surface area contributed by atoms with Gasteiger partial charge in [-0.2, -0.15) is 4.98 Å². The van der Waals surface area contributed by atoms with Crippen LogP contribution in [-0.2, 0) is 11.2 Å². The Labute approximate surface area is 136 Å². The largest absolute Gasteiger partial charge is 0.355 e. The molecular weight excluding hydrogens is 290 g/mol. The molecule has 0 radical (unpaired) electrons. The van der Waals surface area contributed by atoms with Crippen LogP contribution in [0.3, 0.4) is 0 Å². The first kappa shape index (κ1) is 15.7. The smallest absolute Gasteiger partial charge is 0.228 e. The zero-order chi connectivity index (χ0) is 16.1. The monoisotopic (exact) mass is 313 g/mol. The molecule has 1 fully saturated rings. The molecule has 1 aromatic heterocycles. The van der Waals surface area contributed by atoms with E-state index in [1.54, 1.807) is 0 Å². The summed E-state index contributed by atoms with van der Waals surface area (Å²) in [5, 5.41) is 7.03. The molecule has 1 amide bonds. The second-order valence-electron chi connectivity index (χ2n) is 6.20. The number of nitrogens with one attached hydrogen (secondary N) is 1. The van der Waals surface area contributed by atoms with Crippen LogP contribution in [0.15, 0.2) is 28.8 Å². The van der Waals surface area contributed by atoms with Crippen molar-refractivity contribution < 1.29 is 9.32 Å². The molecule has 0 atom stereocenters. The number of amides is 1. The number of aromatic nitrogens is 2. The number of hydrogen-bond donors (Lipinski definition) is 1. The molecule has 5 nitrogen and oxygen atoms in total. The minimum Gasteiger partial charge on any atom is -0.355 e. The van der Waals surface area contributed by atoms with Crippen LogP contribution in [0, 0.1) is 12.8 Å². The Balaban J connectivity index is 1.51. The molecule has 2 aromatic rings. The summed E-state index contributed by atoms with van der Waals surface area (Å²) in [5.41, 5.74) is 2.10. The second kappa shape index (κ2) is 7.40. The lowest BCUT2D eigenvalue weighted by atomic mass is 9.89. The summed E-state index contributed by atoms with van der Waals surface area (Å²) in [7, 11) is 0. The van der Waals surface area contributed by atoms with Crippen molar-refractivity contribution >= 4 is 5.91 Å². The average molecular weight is 313 g/mol. The average Bonchev–Trinajstić information content (AvgIpc) is 3.04. The maximum Gasteiger partial charge on any atom is 0.228 e. The van der Waals surface area contributed by atoms with Gasteiger partial charge in [-0.05, 0) is 25.3 Å². The van der Waals surface area contributed by atoms with Gasteiger partial charge in [-0.3, -0.25) is 4.79 Å². The van der Waals surface area contributed by atoms with Crippen LogP contribution in [0.5, 0.6) is 0 Å². The predicted molar refractivity (Wildman–Crippen MR) is 87.8 cm³/mol. The zero-order valence-electron chi connectivity index (χ0n) is 13.5. The third-order valence-corrected chi connectivity index (χ3v) is 4.47. The number of rotatable bonds is 5. The van der Waals surface area contributed by atoms with Crippen molar-refractivity contribution in [3.63, 3.8) is 0 Å². The SMILES string of the molecule is Cc1ccccc1-c1noc(CCNC(=O)C2CCCCC2)n1. The first-order chi connectivity index (χ1) is 11.2. The minimum absolute atomic E-state index is 0.170. The van der Waals surface area contributed by atoms with Crippen molar-refractivity contribution in [2.45, 2.75) is 45.4 Å². The summed E-state index contributed by atoms with van der Waals surface area (Å²) < 4.78 is 5.29. The predicted octanol–water partition coefficient (Wildman–Crippen LogP) is 3.28. The molecule has 122 valence electrons. The van der Waals surface area contributed by atoms with Gasteiger partial charge in [0.2, 0.25) is 17.6 Å². The lowest BCUT2D eigenvalue weighted by Crippen LogP contribution is -2.33. The van der Waals surface area contributed by atoms with E-state index < -0.39 is 0 Å². The van der Waals surface area contributed by atoms with E-state index in [-0.39, 0.29) is 11.8 Å². The molecule has 1 aliphatic carbocycles. The lowest BCUT2D eigenvalue weighted by molar-refractivity contribution is -0.125. The summed E-state index contributed by atoms with van der Waals surface area (Å²) in [6, 6.07) is 7.95. The molecule has 3 rings (SSSR count). The van der Waals surface area contributed by atoms with Crippen LogP contribution in [0.25, 0.3) is 11.4 Å². The Kier molecular flexibility index (Phi) is 5.05. The number of nitrogens with zero attached hydrogens (tertiary/aromatic N) is 2. The van der Waals surface area contributed by atoms with Gasteiger partial charge < -0.3 is 9.84 Å². The van der Waals surface area contributed by atoms with Crippen molar-refractivity contribution in [1.82, 2.24) is 15.5 Å². The topological polar surface area (TPSA) is 68.0 Å². The molecule has 0 saturated heterocycles. The third kappa shape index (κ3) is 3.97. The number of benzene rings is 1. The van der Waals surface area contributed by atoms with E-state index in [0.29, 0.717) is 24.7 Å². The molecule has 1 aliphatic rings. The zero-order valence-corrected chi connectivity index (χ0v) is 13.5. The summed E-state index contributed by atoms with van der Waals surface area (Å²) in [6.07, 6.45) is 6.20. The van der Waals surface area contributed by atoms with Gasteiger partial charge in [-0.25, -0.2) is 0 Å². The normalized spacial score (nSPS) is 15.5. The summed E-state index contributed by atoms with van der Waals surface area (Å²) in [5.74, 6) is 1.53. The second-order valence-corrected chi connectivity index (χ2v) is 6.20. The molecule has 0 spiro atoms. The Bertz CT molecular complexity index is 660. The Morgan fingerprint density at radius 1 is 1.26 bits per heavy atom. The van der Waals surface area contributed by atoms with Gasteiger partial charge in [-0.15, -0.1) is 0 Å². The fourth-order valence-electron chi connectivity index (χ4n) is 3.09.